The van der Waals surface area contributed by atoms with Gasteiger partial charge in [0.05, 0.1) is 5.25 Å². The molecule has 1 atom stereocenters. The minimum atomic E-state index is -3.42. The zero-order chi connectivity index (χ0) is 12.3. The number of nitrogens with two attached hydrogens (primary N) is 1. The van der Waals surface area contributed by atoms with Crippen molar-refractivity contribution in [2.24, 2.45) is 5.73 Å². The van der Waals surface area contributed by atoms with Gasteiger partial charge < -0.3 is 15.7 Å². The maximum absolute atomic E-state index is 11.8. The van der Waals surface area contributed by atoms with Gasteiger partial charge in [0, 0.05) is 13.1 Å². The molecule has 6 nitrogen and oxygen atoms in total. The summed E-state index contributed by atoms with van der Waals surface area (Å²) in [5.74, 6) is 0. The second-order valence-corrected chi connectivity index (χ2v) is 6.15. The molecular formula is C9H16N2O4S. The molecule has 1 saturated heterocycles. The summed E-state index contributed by atoms with van der Waals surface area (Å²) in [6.07, 6.45) is 0.787. The van der Waals surface area contributed by atoms with Gasteiger partial charge in [-0.3, -0.25) is 0 Å². The number of hydrogen-bond acceptors (Lipinski definition) is 4. The van der Waals surface area contributed by atoms with Crippen molar-refractivity contribution in [1.29, 1.82) is 0 Å². The second kappa shape index (κ2) is 4.84. The molecule has 0 radical (unpaired) electrons. The van der Waals surface area contributed by atoms with Crippen LogP contribution >= 0.6 is 0 Å². The minimum absolute atomic E-state index is 0.239. The zero-order valence-corrected chi connectivity index (χ0v) is 9.69. The lowest BCUT2D eigenvalue weighted by Crippen LogP contribution is -2.45. The summed E-state index contributed by atoms with van der Waals surface area (Å²) in [7, 11) is -3.42. The maximum atomic E-state index is 11.8. The Bertz CT molecular complexity index is 371. The predicted octanol–water partition coefficient (Wildman–Crippen LogP) is 0.0144. The zero-order valence-electron chi connectivity index (χ0n) is 8.87. The first kappa shape index (κ1) is 13.0. The Morgan fingerprint density at radius 3 is 2.38 bits per heavy atom. The van der Waals surface area contributed by atoms with Crippen LogP contribution in [0, 0.1) is 0 Å². The predicted molar refractivity (Wildman–Crippen MR) is 59.7 cm³/mol. The number of piperidine rings is 1. The maximum Gasteiger partial charge on any atom is 0.407 e. The molecule has 1 aliphatic rings. The number of hydrogen-bond donors (Lipinski definition) is 2. The van der Waals surface area contributed by atoms with Crippen LogP contribution < -0.4 is 5.73 Å². The van der Waals surface area contributed by atoms with Crippen LogP contribution in [0.3, 0.4) is 0 Å². The van der Waals surface area contributed by atoms with E-state index in [1.54, 1.807) is 0 Å². The van der Waals surface area contributed by atoms with Gasteiger partial charge in [0.25, 0.3) is 0 Å². The number of nitrogens with zero attached hydrogens (tertiary/aromatic N) is 1. The fraction of sp³-hybridized carbons (Fsp3) is 0.667. The van der Waals surface area contributed by atoms with E-state index in [9.17, 15) is 13.2 Å². The van der Waals surface area contributed by atoms with E-state index in [0.29, 0.717) is 12.8 Å². The van der Waals surface area contributed by atoms with Gasteiger partial charge in [0.2, 0.25) is 0 Å². The van der Waals surface area contributed by atoms with Crippen LogP contribution in [0.1, 0.15) is 12.8 Å². The Labute approximate surface area is 94.6 Å². The quantitative estimate of drug-likeness (QED) is 0.685. The number of rotatable bonds is 3. The third-order valence-electron chi connectivity index (χ3n) is 2.79. The summed E-state index contributed by atoms with van der Waals surface area (Å²) in [4.78, 5) is 11.9. The third-order valence-corrected chi connectivity index (χ3v) is 5.14. The molecule has 0 aromatic rings. The fourth-order valence-corrected chi connectivity index (χ4v) is 3.31. The SMILES string of the molecule is C=CC(N)S(=O)(=O)C1CCN(C(=O)O)CC1. The summed E-state index contributed by atoms with van der Waals surface area (Å²) >= 11 is 0. The van der Waals surface area contributed by atoms with Crippen molar-refractivity contribution in [2.45, 2.75) is 23.5 Å². The Hall–Kier alpha value is -1.08. The topological polar surface area (TPSA) is 101 Å². The van der Waals surface area contributed by atoms with Gasteiger partial charge in [-0.15, -0.1) is 6.58 Å². The first-order valence-electron chi connectivity index (χ1n) is 4.98. The molecule has 0 bridgehead atoms. The molecule has 0 spiro atoms. The highest BCUT2D eigenvalue weighted by Gasteiger charge is 2.34. The first-order chi connectivity index (χ1) is 7.39. The molecule has 7 heteroatoms. The van der Waals surface area contributed by atoms with E-state index in [2.05, 4.69) is 6.58 Å². The number of likely N-dealkylation sites (tertiary alicyclic amines) is 1. The molecule has 1 rings (SSSR count). The average molecular weight is 248 g/mol. The molecule has 0 aromatic heterocycles. The highest BCUT2D eigenvalue weighted by molar-refractivity contribution is 7.92. The molecule has 1 unspecified atom stereocenters. The van der Waals surface area contributed by atoms with Gasteiger partial charge in [0.15, 0.2) is 9.84 Å². The molecule has 1 amide bonds. The Kier molecular flexibility index (Phi) is 3.93. The van der Waals surface area contributed by atoms with Crippen LogP contribution in [-0.4, -0.2) is 48.2 Å². The fourth-order valence-electron chi connectivity index (χ4n) is 1.73. The molecular weight excluding hydrogens is 232 g/mol. The monoisotopic (exact) mass is 248 g/mol. The standard InChI is InChI=1S/C9H16N2O4S/c1-2-8(10)16(14,15)7-3-5-11(6-4-7)9(12)13/h2,7-8H,1,3-6,10H2,(H,12,13). The van der Waals surface area contributed by atoms with E-state index in [1.165, 1.54) is 11.0 Å². The highest BCUT2D eigenvalue weighted by Crippen LogP contribution is 2.20. The smallest absolute Gasteiger partial charge is 0.407 e. The van der Waals surface area contributed by atoms with Gasteiger partial charge in [-0.05, 0) is 12.8 Å². The minimum Gasteiger partial charge on any atom is -0.465 e. The van der Waals surface area contributed by atoms with Gasteiger partial charge >= 0.3 is 6.09 Å². The molecule has 92 valence electrons. The normalized spacial score (nSPS) is 20.4. The van der Waals surface area contributed by atoms with Gasteiger partial charge in [-0.1, -0.05) is 6.08 Å². The van der Waals surface area contributed by atoms with E-state index in [-0.39, 0.29) is 13.1 Å². The molecule has 0 aliphatic carbocycles. The van der Waals surface area contributed by atoms with E-state index < -0.39 is 26.6 Å². The van der Waals surface area contributed by atoms with Crippen LogP contribution in [0.5, 0.6) is 0 Å². The molecule has 3 N–H and O–H groups in total. The van der Waals surface area contributed by atoms with Crippen LogP contribution in [0.15, 0.2) is 12.7 Å². The first-order valence-corrected chi connectivity index (χ1v) is 6.59. The van der Waals surface area contributed by atoms with Crippen molar-refractivity contribution >= 4 is 15.9 Å². The van der Waals surface area contributed by atoms with E-state index >= 15 is 0 Å². The van der Waals surface area contributed by atoms with Crippen molar-refractivity contribution in [3.63, 3.8) is 0 Å². The van der Waals surface area contributed by atoms with Crippen LogP contribution in [-0.2, 0) is 9.84 Å². The highest BCUT2D eigenvalue weighted by atomic mass is 32.2. The summed E-state index contributed by atoms with van der Waals surface area (Å²) in [5.41, 5.74) is 5.44. The van der Waals surface area contributed by atoms with Gasteiger partial charge in [0.1, 0.15) is 5.37 Å². The lowest BCUT2D eigenvalue weighted by molar-refractivity contribution is 0.136. The van der Waals surface area contributed by atoms with Gasteiger partial charge in [-0.2, -0.15) is 0 Å². The second-order valence-electron chi connectivity index (χ2n) is 3.76. The third kappa shape index (κ3) is 2.53. The lowest BCUT2D eigenvalue weighted by Gasteiger charge is -2.30. The molecule has 1 heterocycles. The number of carbonyl (C=O) groups is 1. The Balaban J connectivity index is 2.67. The van der Waals surface area contributed by atoms with E-state index in [4.69, 9.17) is 10.8 Å². The lowest BCUT2D eigenvalue weighted by atomic mass is 10.1. The average Bonchev–Trinajstić information content (AvgIpc) is 2.28. The largest absolute Gasteiger partial charge is 0.465 e. The number of amides is 1. The summed E-state index contributed by atoms with van der Waals surface area (Å²) in [5, 5.41) is 7.10. The molecule has 1 aliphatic heterocycles. The van der Waals surface area contributed by atoms with Crippen molar-refractivity contribution in [3.05, 3.63) is 12.7 Å². The number of carboxylic acid groups (broad SMARTS) is 1. The van der Waals surface area contributed by atoms with Crippen LogP contribution in [0.2, 0.25) is 0 Å². The van der Waals surface area contributed by atoms with Crippen LogP contribution in [0.4, 0.5) is 4.79 Å². The van der Waals surface area contributed by atoms with Crippen molar-refractivity contribution in [3.8, 4) is 0 Å². The van der Waals surface area contributed by atoms with Gasteiger partial charge in [-0.25, -0.2) is 13.2 Å². The Morgan fingerprint density at radius 1 is 1.50 bits per heavy atom. The summed E-state index contributed by atoms with van der Waals surface area (Å²) in [6.45, 7) is 3.83. The molecule has 1 fully saturated rings. The van der Waals surface area contributed by atoms with Crippen molar-refractivity contribution in [1.82, 2.24) is 4.90 Å². The summed E-state index contributed by atoms with van der Waals surface area (Å²) < 4.78 is 23.7. The summed E-state index contributed by atoms with van der Waals surface area (Å²) in [6, 6.07) is 0. The molecule has 16 heavy (non-hydrogen) atoms. The van der Waals surface area contributed by atoms with Crippen LogP contribution in [0.25, 0.3) is 0 Å². The van der Waals surface area contributed by atoms with E-state index in [1.807, 2.05) is 0 Å². The van der Waals surface area contributed by atoms with Crippen molar-refractivity contribution in [2.75, 3.05) is 13.1 Å². The molecule has 0 aromatic carbocycles. The molecule has 0 saturated carbocycles. The van der Waals surface area contributed by atoms with Crippen molar-refractivity contribution < 1.29 is 18.3 Å². The van der Waals surface area contributed by atoms with E-state index in [0.717, 1.165) is 0 Å². The number of sulfone groups is 1. The Morgan fingerprint density at radius 2 is 2.00 bits per heavy atom.